The molecular formula is C20H14ClN3O. The summed E-state index contributed by atoms with van der Waals surface area (Å²) >= 11 is 6.34. The summed E-state index contributed by atoms with van der Waals surface area (Å²) in [5, 5.41) is 9.29. The molecule has 0 saturated heterocycles. The van der Waals surface area contributed by atoms with Gasteiger partial charge in [-0.05, 0) is 18.6 Å². The summed E-state index contributed by atoms with van der Waals surface area (Å²) < 4.78 is 1.89. The number of hydrogen-bond acceptors (Lipinski definition) is 3. The lowest BCUT2D eigenvalue weighted by molar-refractivity contribution is 0.101. The molecule has 4 aromatic rings. The summed E-state index contributed by atoms with van der Waals surface area (Å²) in [6.07, 6.45) is 1.81. The topological polar surface area (TPSA) is 47.3 Å². The fraction of sp³-hybridized carbons (Fsp3) is 0.0500. The Balaban J connectivity index is 1.90. The lowest BCUT2D eigenvalue weighted by Crippen LogP contribution is -1.94. The first kappa shape index (κ1) is 15.5. The normalized spacial score (nSPS) is 11.0. The van der Waals surface area contributed by atoms with Crippen LogP contribution in [0.5, 0.6) is 0 Å². The number of pyridine rings is 1. The van der Waals surface area contributed by atoms with Crippen molar-refractivity contribution in [1.29, 1.82) is 0 Å². The van der Waals surface area contributed by atoms with E-state index in [0.717, 1.165) is 28.2 Å². The number of benzene rings is 2. The van der Waals surface area contributed by atoms with Crippen LogP contribution in [0.15, 0.2) is 66.9 Å². The number of Topliss-reactive ketones (excluding diaryl/α,β-unsaturated/α-hetero) is 1. The van der Waals surface area contributed by atoms with Gasteiger partial charge in [0.25, 0.3) is 0 Å². The summed E-state index contributed by atoms with van der Waals surface area (Å²) in [6, 6.07) is 19.1. The van der Waals surface area contributed by atoms with Crippen molar-refractivity contribution in [1.82, 2.24) is 14.6 Å². The Kier molecular flexibility index (Phi) is 3.82. The number of carbonyl (C=O) groups is 1. The molecule has 0 bridgehead atoms. The van der Waals surface area contributed by atoms with E-state index in [4.69, 9.17) is 11.6 Å². The van der Waals surface area contributed by atoms with Gasteiger partial charge in [-0.1, -0.05) is 66.2 Å². The average molecular weight is 348 g/mol. The van der Waals surface area contributed by atoms with E-state index in [1.54, 1.807) is 6.92 Å². The minimum atomic E-state index is 0.0385. The summed E-state index contributed by atoms with van der Waals surface area (Å²) in [5.74, 6) is 0.774. The Labute approximate surface area is 149 Å². The van der Waals surface area contributed by atoms with Gasteiger partial charge >= 0.3 is 0 Å². The smallest absolute Gasteiger partial charge is 0.169 e. The predicted octanol–water partition coefficient (Wildman–Crippen LogP) is 4.92. The number of carbonyl (C=O) groups excluding carboxylic acids is 1. The van der Waals surface area contributed by atoms with Gasteiger partial charge < -0.3 is 0 Å². The Bertz CT molecular complexity index is 1070. The molecule has 2 heterocycles. The molecule has 0 saturated carbocycles. The summed E-state index contributed by atoms with van der Waals surface area (Å²) in [5.41, 5.74) is 4.17. The molecule has 0 aliphatic rings. The van der Waals surface area contributed by atoms with Gasteiger partial charge in [-0.3, -0.25) is 9.20 Å². The van der Waals surface area contributed by atoms with E-state index in [1.165, 1.54) is 0 Å². The van der Waals surface area contributed by atoms with Gasteiger partial charge in [-0.15, -0.1) is 10.2 Å². The first-order chi connectivity index (χ1) is 12.1. The fourth-order valence-electron chi connectivity index (χ4n) is 2.84. The van der Waals surface area contributed by atoms with Crippen molar-refractivity contribution in [3.8, 4) is 22.5 Å². The predicted molar refractivity (Wildman–Crippen MR) is 98.9 cm³/mol. The highest BCUT2D eigenvalue weighted by atomic mass is 35.5. The molecule has 122 valence electrons. The lowest BCUT2D eigenvalue weighted by Gasteiger charge is -2.07. The van der Waals surface area contributed by atoms with Crippen LogP contribution in [0, 0.1) is 0 Å². The number of aromatic nitrogens is 3. The summed E-state index contributed by atoms with van der Waals surface area (Å²) in [7, 11) is 0. The van der Waals surface area contributed by atoms with Crippen molar-refractivity contribution in [3.05, 3.63) is 77.4 Å². The molecule has 0 atom stereocenters. The monoisotopic (exact) mass is 347 g/mol. The maximum absolute atomic E-state index is 11.5. The zero-order valence-electron chi connectivity index (χ0n) is 13.5. The van der Waals surface area contributed by atoms with Crippen LogP contribution in [0.1, 0.15) is 17.3 Å². The molecule has 0 radical (unpaired) electrons. The molecule has 0 aliphatic heterocycles. The van der Waals surface area contributed by atoms with E-state index < -0.39 is 0 Å². The first-order valence-corrected chi connectivity index (χ1v) is 8.22. The quantitative estimate of drug-likeness (QED) is 0.494. The van der Waals surface area contributed by atoms with E-state index in [2.05, 4.69) is 10.2 Å². The third-order valence-corrected chi connectivity index (χ3v) is 4.31. The zero-order chi connectivity index (χ0) is 17.4. The van der Waals surface area contributed by atoms with E-state index >= 15 is 0 Å². The molecule has 2 aromatic heterocycles. The van der Waals surface area contributed by atoms with Crippen LogP contribution in [0.3, 0.4) is 0 Å². The largest absolute Gasteiger partial charge is 0.295 e. The highest BCUT2D eigenvalue weighted by molar-refractivity contribution is 6.31. The SMILES string of the molecule is CC(=O)c1ccc(-c2cc(Cl)cn3c(-c4ccccc4)nnc23)cc1. The van der Waals surface area contributed by atoms with Crippen LogP contribution in [-0.4, -0.2) is 20.4 Å². The van der Waals surface area contributed by atoms with E-state index in [9.17, 15) is 4.79 Å². The van der Waals surface area contributed by atoms with E-state index in [0.29, 0.717) is 10.6 Å². The number of nitrogens with zero attached hydrogens (tertiary/aromatic N) is 3. The minimum absolute atomic E-state index is 0.0385. The highest BCUT2D eigenvalue weighted by Crippen LogP contribution is 2.30. The van der Waals surface area contributed by atoms with Gasteiger partial charge in [0, 0.05) is 22.9 Å². The third-order valence-electron chi connectivity index (χ3n) is 4.11. The second-order valence-electron chi connectivity index (χ2n) is 5.79. The van der Waals surface area contributed by atoms with Crippen LogP contribution in [0.25, 0.3) is 28.2 Å². The second kappa shape index (κ2) is 6.15. The van der Waals surface area contributed by atoms with E-state index in [1.807, 2.05) is 71.3 Å². The molecule has 0 spiro atoms. The molecule has 5 heteroatoms. The van der Waals surface area contributed by atoms with Crippen molar-refractivity contribution in [3.63, 3.8) is 0 Å². The van der Waals surface area contributed by atoms with Crippen LogP contribution >= 0.6 is 11.6 Å². The highest BCUT2D eigenvalue weighted by Gasteiger charge is 2.14. The summed E-state index contributed by atoms with van der Waals surface area (Å²) in [6.45, 7) is 1.55. The molecule has 2 aromatic carbocycles. The van der Waals surface area contributed by atoms with Gasteiger partial charge in [-0.2, -0.15) is 0 Å². The van der Waals surface area contributed by atoms with Gasteiger partial charge in [0.1, 0.15) is 0 Å². The Morgan fingerprint density at radius 2 is 1.68 bits per heavy atom. The lowest BCUT2D eigenvalue weighted by atomic mass is 10.0. The number of hydrogen-bond donors (Lipinski definition) is 0. The van der Waals surface area contributed by atoms with Crippen LogP contribution in [0.4, 0.5) is 0 Å². The van der Waals surface area contributed by atoms with Gasteiger partial charge in [0.05, 0.1) is 5.02 Å². The standard InChI is InChI=1S/C20H14ClN3O/c1-13(25)14-7-9-15(10-8-14)18-11-17(21)12-24-19(22-23-20(18)24)16-5-3-2-4-6-16/h2-12H,1H3. The third kappa shape index (κ3) is 2.81. The molecule has 0 amide bonds. The molecular weight excluding hydrogens is 334 g/mol. The maximum atomic E-state index is 11.5. The van der Waals surface area contributed by atoms with Crippen LogP contribution in [-0.2, 0) is 0 Å². The second-order valence-corrected chi connectivity index (χ2v) is 6.23. The van der Waals surface area contributed by atoms with Gasteiger partial charge in [0.2, 0.25) is 0 Å². The van der Waals surface area contributed by atoms with Crippen molar-refractivity contribution < 1.29 is 4.79 Å². The van der Waals surface area contributed by atoms with Crippen LogP contribution in [0.2, 0.25) is 5.02 Å². The Morgan fingerprint density at radius 1 is 0.960 bits per heavy atom. The summed E-state index contributed by atoms with van der Waals surface area (Å²) in [4.78, 5) is 11.5. The van der Waals surface area contributed by atoms with Crippen molar-refractivity contribution in [2.45, 2.75) is 6.92 Å². The number of fused-ring (bicyclic) bond motifs is 1. The molecule has 4 rings (SSSR count). The number of ketones is 1. The molecule has 4 nitrogen and oxygen atoms in total. The number of halogens is 1. The zero-order valence-corrected chi connectivity index (χ0v) is 14.2. The molecule has 25 heavy (non-hydrogen) atoms. The molecule has 0 fully saturated rings. The molecule has 0 unspecified atom stereocenters. The first-order valence-electron chi connectivity index (χ1n) is 7.84. The Morgan fingerprint density at radius 3 is 2.36 bits per heavy atom. The van der Waals surface area contributed by atoms with Crippen molar-refractivity contribution in [2.75, 3.05) is 0 Å². The number of rotatable bonds is 3. The van der Waals surface area contributed by atoms with Gasteiger partial charge in [0.15, 0.2) is 17.3 Å². The van der Waals surface area contributed by atoms with Crippen molar-refractivity contribution in [2.24, 2.45) is 0 Å². The molecule has 0 aliphatic carbocycles. The van der Waals surface area contributed by atoms with E-state index in [-0.39, 0.29) is 5.78 Å². The Hall–Kier alpha value is -2.98. The van der Waals surface area contributed by atoms with Crippen molar-refractivity contribution >= 4 is 23.0 Å². The van der Waals surface area contributed by atoms with Gasteiger partial charge in [-0.25, -0.2) is 0 Å². The molecule has 0 N–H and O–H groups in total. The van der Waals surface area contributed by atoms with Crippen LogP contribution < -0.4 is 0 Å². The maximum Gasteiger partial charge on any atom is 0.169 e. The minimum Gasteiger partial charge on any atom is -0.295 e. The average Bonchev–Trinajstić information content (AvgIpc) is 3.05. The fourth-order valence-corrected chi connectivity index (χ4v) is 3.05.